The third-order valence-electron chi connectivity index (χ3n) is 4.99. The van der Waals surface area contributed by atoms with Crippen molar-refractivity contribution in [3.63, 3.8) is 0 Å². The Labute approximate surface area is 199 Å². The highest BCUT2D eigenvalue weighted by molar-refractivity contribution is 8.00. The van der Waals surface area contributed by atoms with Gasteiger partial charge in [0.2, 0.25) is 11.8 Å². The second-order valence-electron chi connectivity index (χ2n) is 8.64. The van der Waals surface area contributed by atoms with E-state index in [9.17, 15) is 9.59 Å². The maximum Gasteiger partial charge on any atom is 0.242 e. The Bertz CT molecular complexity index is 1090. The van der Waals surface area contributed by atoms with Crippen molar-refractivity contribution in [2.45, 2.75) is 57.5 Å². The van der Waals surface area contributed by atoms with E-state index in [0.29, 0.717) is 29.9 Å². The molecule has 0 aliphatic heterocycles. The summed E-state index contributed by atoms with van der Waals surface area (Å²) in [4.78, 5) is 24.7. The van der Waals surface area contributed by atoms with Crippen LogP contribution in [0, 0.1) is 19.8 Å². The third-order valence-corrected chi connectivity index (χ3v) is 6.22. The number of nitrogens with one attached hydrogen (secondary N) is 1. The molecule has 0 saturated carbocycles. The number of primary amides is 1. The molecule has 1 atom stereocenters. The summed E-state index contributed by atoms with van der Waals surface area (Å²) in [6, 6.07) is 15.6. The minimum atomic E-state index is -0.522. The lowest BCUT2D eigenvalue weighted by Crippen LogP contribution is -2.20. The molecule has 3 N–H and O–H groups in total. The molecule has 0 spiro atoms. The summed E-state index contributed by atoms with van der Waals surface area (Å²) < 4.78 is 2.00. The van der Waals surface area contributed by atoms with Gasteiger partial charge in [0, 0.05) is 25.1 Å². The second-order valence-corrected chi connectivity index (χ2v) is 9.72. The van der Waals surface area contributed by atoms with Crippen LogP contribution in [0.5, 0.6) is 0 Å². The molecule has 0 unspecified atom stereocenters. The number of nitrogens with two attached hydrogens (primary N) is 1. The van der Waals surface area contributed by atoms with E-state index in [1.807, 2.05) is 60.9 Å². The molecule has 1 aromatic heterocycles. The quantitative estimate of drug-likeness (QED) is 0.431. The number of carbonyl (C=O) groups is 2. The normalized spacial score (nSPS) is 12.0. The van der Waals surface area contributed by atoms with Crippen LogP contribution in [0.4, 0.5) is 5.69 Å². The van der Waals surface area contributed by atoms with Crippen LogP contribution < -0.4 is 11.1 Å². The van der Waals surface area contributed by atoms with Gasteiger partial charge in [-0.3, -0.25) is 9.59 Å². The summed E-state index contributed by atoms with van der Waals surface area (Å²) in [5, 5.41) is 11.9. The van der Waals surface area contributed by atoms with Crippen LogP contribution in [0.25, 0.3) is 0 Å². The Hall–Kier alpha value is -3.13. The van der Waals surface area contributed by atoms with Crippen LogP contribution >= 0.6 is 11.8 Å². The van der Waals surface area contributed by atoms with Gasteiger partial charge in [-0.05, 0) is 48.6 Å². The Morgan fingerprint density at radius 1 is 1.06 bits per heavy atom. The molecule has 33 heavy (non-hydrogen) atoms. The van der Waals surface area contributed by atoms with Gasteiger partial charge in [-0.15, -0.1) is 10.2 Å². The van der Waals surface area contributed by atoms with E-state index in [0.717, 1.165) is 22.4 Å². The van der Waals surface area contributed by atoms with Crippen LogP contribution in [0.15, 0.2) is 53.7 Å². The SMILES string of the molecule is Cc1cc(C)cc(NC(=O)[C@@H](Sc2nnc(CCC(N)=O)n2CC(C)C)c2ccccc2)c1. The van der Waals surface area contributed by atoms with Crippen molar-refractivity contribution in [3.05, 3.63) is 71.0 Å². The average Bonchev–Trinajstić information content (AvgIpc) is 3.10. The number of thioether (sulfide) groups is 1. The van der Waals surface area contributed by atoms with Gasteiger partial charge >= 0.3 is 0 Å². The molecule has 1 heterocycles. The molecule has 3 aromatic rings. The molecule has 0 fully saturated rings. The van der Waals surface area contributed by atoms with Gasteiger partial charge in [0.05, 0.1) is 0 Å². The van der Waals surface area contributed by atoms with E-state index in [2.05, 4.69) is 35.4 Å². The molecule has 2 amide bonds. The molecule has 3 rings (SSSR count). The average molecular weight is 466 g/mol. The minimum Gasteiger partial charge on any atom is -0.370 e. The molecule has 174 valence electrons. The fourth-order valence-corrected chi connectivity index (χ4v) is 4.70. The molecule has 7 nitrogen and oxygen atoms in total. The number of rotatable bonds is 10. The lowest BCUT2D eigenvalue weighted by atomic mass is 10.1. The summed E-state index contributed by atoms with van der Waals surface area (Å²) in [5.74, 6) is 0.533. The Balaban J connectivity index is 1.92. The van der Waals surface area contributed by atoms with E-state index in [4.69, 9.17) is 5.73 Å². The second kappa shape index (κ2) is 11.1. The summed E-state index contributed by atoms with van der Waals surface area (Å²) in [7, 11) is 0. The largest absolute Gasteiger partial charge is 0.370 e. The first-order chi connectivity index (χ1) is 15.7. The highest BCUT2D eigenvalue weighted by Gasteiger charge is 2.26. The van der Waals surface area contributed by atoms with Crippen molar-refractivity contribution >= 4 is 29.3 Å². The summed E-state index contributed by atoms with van der Waals surface area (Å²) >= 11 is 1.36. The van der Waals surface area contributed by atoms with Gasteiger partial charge in [0.15, 0.2) is 5.16 Å². The topological polar surface area (TPSA) is 103 Å². The highest BCUT2D eigenvalue weighted by Crippen LogP contribution is 2.36. The van der Waals surface area contributed by atoms with Crippen LogP contribution in [0.1, 0.15) is 48.0 Å². The van der Waals surface area contributed by atoms with Crippen molar-refractivity contribution in [2.75, 3.05) is 5.32 Å². The molecule has 0 aliphatic carbocycles. The number of nitrogens with zero attached hydrogens (tertiary/aromatic N) is 3. The van der Waals surface area contributed by atoms with E-state index in [1.54, 1.807) is 0 Å². The van der Waals surface area contributed by atoms with Gasteiger partial charge in [-0.1, -0.05) is 62.0 Å². The molecule has 0 aliphatic rings. The minimum absolute atomic E-state index is 0.131. The van der Waals surface area contributed by atoms with Gasteiger partial charge in [-0.25, -0.2) is 0 Å². The van der Waals surface area contributed by atoms with Gasteiger partial charge < -0.3 is 15.6 Å². The summed E-state index contributed by atoms with van der Waals surface area (Å²) in [6.07, 6.45) is 0.622. The number of anilines is 1. The smallest absolute Gasteiger partial charge is 0.242 e. The van der Waals surface area contributed by atoms with Crippen LogP contribution in [-0.2, 0) is 22.6 Å². The predicted octanol–water partition coefficient (Wildman–Crippen LogP) is 4.44. The van der Waals surface area contributed by atoms with Crippen LogP contribution in [-0.4, -0.2) is 26.6 Å². The zero-order valence-electron chi connectivity index (χ0n) is 19.5. The van der Waals surface area contributed by atoms with Crippen molar-refractivity contribution in [1.29, 1.82) is 0 Å². The number of hydrogen-bond acceptors (Lipinski definition) is 5. The fourth-order valence-electron chi connectivity index (χ4n) is 3.64. The van der Waals surface area contributed by atoms with Crippen LogP contribution in [0.3, 0.4) is 0 Å². The van der Waals surface area contributed by atoms with E-state index >= 15 is 0 Å². The summed E-state index contributed by atoms with van der Waals surface area (Å²) in [5.41, 5.74) is 9.16. The van der Waals surface area contributed by atoms with Gasteiger partial charge in [0.25, 0.3) is 0 Å². The number of aromatic nitrogens is 3. The molecular formula is C25H31N5O2S. The molecule has 0 bridgehead atoms. The monoisotopic (exact) mass is 465 g/mol. The Kier molecular flexibility index (Phi) is 8.27. The maximum atomic E-state index is 13.4. The van der Waals surface area contributed by atoms with Crippen molar-refractivity contribution in [1.82, 2.24) is 14.8 Å². The molecule has 0 radical (unpaired) electrons. The fraction of sp³-hybridized carbons (Fsp3) is 0.360. The lowest BCUT2D eigenvalue weighted by molar-refractivity contribution is -0.118. The molecule has 2 aromatic carbocycles. The van der Waals surface area contributed by atoms with Crippen molar-refractivity contribution < 1.29 is 9.59 Å². The first-order valence-corrected chi connectivity index (χ1v) is 11.9. The van der Waals surface area contributed by atoms with Crippen LogP contribution in [0.2, 0.25) is 0 Å². The van der Waals surface area contributed by atoms with E-state index in [-0.39, 0.29) is 18.2 Å². The summed E-state index contributed by atoms with van der Waals surface area (Å²) in [6.45, 7) is 8.91. The number of hydrogen-bond donors (Lipinski definition) is 2. The highest BCUT2D eigenvalue weighted by atomic mass is 32.2. The Morgan fingerprint density at radius 3 is 2.33 bits per heavy atom. The standard InChI is InChI=1S/C25H31N5O2S/c1-16(2)15-30-22(11-10-21(26)31)28-29-25(30)33-23(19-8-6-5-7-9-19)24(32)27-20-13-17(3)12-18(4)14-20/h5-9,12-14,16,23H,10-11,15H2,1-4H3,(H2,26,31)(H,27,32)/t23-/m0/s1. The van der Waals surface area contributed by atoms with Crippen molar-refractivity contribution in [2.24, 2.45) is 11.7 Å². The first-order valence-electron chi connectivity index (χ1n) is 11.0. The van der Waals surface area contributed by atoms with Crippen molar-refractivity contribution in [3.8, 4) is 0 Å². The van der Waals surface area contributed by atoms with Gasteiger partial charge in [-0.2, -0.15) is 0 Å². The first kappa shape index (κ1) is 24.5. The zero-order valence-corrected chi connectivity index (χ0v) is 20.4. The number of aryl methyl sites for hydroxylation is 3. The number of carbonyl (C=O) groups excluding carboxylic acids is 2. The molecule has 8 heteroatoms. The van der Waals surface area contributed by atoms with E-state index in [1.165, 1.54) is 11.8 Å². The maximum absolute atomic E-state index is 13.4. The number of benzene rings is 2. The van der Waals surface area contributed by atoms with E-state index < -0.39 is 5.25 Å². The zero-order chi connectivity index (χ0) is 24.0. The lowest BCUT2D eigenvalue weighted by Gasteiger charge is -2.19. The molecular weight excluding hydrogens is 434 g/mol. The molecule has 0 saturated heterocycles. The predicted molar refractivity (Wildman–Crippen MR) is 132 cm³/mol. The number of amides is 2. The Morgan fingerprint density at radius 2 is 1.73 bits per heavy atom. The van der Waals surface area contributed by atoms with Gasteiger partial charge in [0.1, 0.15) is 11.1 Å². The third kappa shape index (κ3) is 6.92.